The molecule has 1 aliphatic heterocycles. The molecule has 0 saturated carbocycles. The molecule has 0 aliphatic carbocycles. The van der Waals surface area contributed by atoms with Crippen LogP contribution in [0, 0.1) is 0 Å². The fourth-order valence-electron chi connectivity index (χ4n) is 1.61. The molecule has 5 heteroatoms. The first-order valence-electron chi connectivity index (χ1n) is 4.36. The van der Waals surface area contributed by atoms with Crippen molar-refractivity contribution in [3.05, 3.63) is 22.1 Å². The van der Waals surface area contributed by atoms with Gasteiger partial charge in [0.1, 0.15) is 0 Å². The van der Waals surface area contributed by atoms with E-state index in [-0.39, 0.29) is 17.5 Å². The number of aromatic amines is 1. The third kappa shape index (κ3) is 1.70. The number of nitrogens with two attached hydrogens (primary N) is 1. The van der Waals surface area contributed by atoms with E-state index < -0.39 is 0 Å². The number of H-pyrrole nitrogens is 1. The fraction of sp³-hybridized carbons (Fsp3) is 0.500. The van der Waals surface area contributed by atoms with Crippen LogP contribution in [0.2, 0.25) is 0 Å². The first-order valence-corrected chi connectivity index (χ1v) is 4.36. The van der Waals surface area contributed by atoms with Gasteiger partial charge in [0.15, 0.2) is 0 Å². The minimum Gasteiger partial charge on any atom is -0.369 e. The zero-order chi connectivity index (χ0) is 9.26. The van der Waals surface area contributed by atoms with Crippen LogP contribution in [0.1, 0.15) is 24.6 Å². The van der Waals surface area contributed by atoms with Crippen LogP contribution in [-0.4, -0.2) is 16.5 Å². The summed E-state index contributed by atoms with van der Waals surface area (Å²) in [5.74, 6) is 0.191. The molecular weight excluding hydrogens is 168 g/mol. The molecule has 2 rings (SSSR count). The number of hydrogen-bond acceptors (Lipinski definition) is 4. The minimum absolute atomic E-state index is 0.184. The maximum atomic E-state index is 11.1. The molecule has 1 aliphatic rings. The molecule has 4 N–H and O–H groups in total. The van der Waals surface area contributed by atoms with Crippen LogP contribution < -0.4 is 16.6 Å². The summed E-state index contributed by atoms with van der Waals surface area (Å²) >= 11 is 0. The van der Waals surface area contributed by atoms with Gasteiger partial charge in [0.25, 0.3) is 5.56 Å². The Morgan fingerprint density at radius 1 is 1.62 bits per heavy atom. The molecule has 0 aromatic carbocycles. The number of nitrogens with one attached hydrogen (secondary N) is 2. The quantitative estimate of drug-likeness (QED) is 0.557. The number of nitrogen functional groups attached to an aromatic ring is 1. The van der Waals surface area contributed by atoms with Gasteiger partial charge in [-0.15, -0.1) is 0 Å². The number of nitrogens with zero attached hydrogens (tertiary/aromatic N) is 1. The average Bonchev–Trinajstić information content (AvgIpc) is 2.53. The van der Waals surface area contributed by atoms with E-state index in [1.54, 1.807) is 0 Å². The third-order valence-electron chi connectivity index (χ3n) is 2.20. The molecule has 1 saturated heterocycles. The maximum Gasteiger partial charge on any atom is 0.252 e. The highest BCUT2D eigenvalue weighted by molar-refractivity contribution is 5.19. The number of aromatic nitrogens is 2. The summed E-state index contributed by atoms with van der Waals surface area (Å²) in [6.07, 6.45) is 2.15. The second-order valence-corrected chi connectivity index (χ2v) is 3.20. The Balaban J connectivity index is 2.33. The largest absolute Gasteiger partial charge is 0.369 e. The van der Waals surface area contributed by atoms with Gasteiger partial charge in [-0.2, -0.15) is 0 Å². The third-order valence-corrected chi connectivity index (χ3v) is 2.20. The normalized spacial score (nSPS) is 22.0. The lowest BCUT2D eigenvalue weighted by atomic mass is 10.1. The van der Waals surface area contributed by atoms with Gasteiger partial charge in [-0.25, -0.2) is 4.98 Å². The van der Waals surface area contributed by atoms with Gasteiger partial charge in [0, 0.05) is 12.1 Å². The molecule has 1 aromatic heterocycles. The van der Waals surface area contributed by atoms with Crippen molar-refractivity contribution in [1.29, 1.82) is 0 Å². The van der Waals surface area contributed by atoms with Crippen molar-refractivity contribution in [3.8, 4) is 0 Å². The van der Waals surface area contributed by atoms with E-state index >= 15 is 0 Å². The van der Waals surface area contributed by atoms with Crippen LogP contribution in [0.15, 0.2) is 10.9 Å². The molecule has 1 atom stereocenters. The maximum absolute atomic E-state index is 11.1. The molecule has 1 unspecified atom stereocenters. The van der Waals surface area contributed by atoms with Crippen molar-refractivity contribution in [2.24, 2.45) is 0 Å². The Morgan fingerprint density at radius 3 is 3.08 bits per heavy atom. The molecule has 0 spiro atoms. The van der Waals surface area contributed by atoms with Crippen LogP contribution in [0.25, 0.3) is 0 Å². The number of anilines is 1. The van der Waals surface area contributed by atoms with Gasteiger partial charge in [-0.1, -0.05) is 0 Å². The van der Waals surface area contributed by atoms with E-state index in [9.17, 15) is 4.79 Å². The summed E-state index contributed by atoms with van der Waals surface area (Å²) in [4.78, 5) is 17.6. The highest BCUT2D eigenvalue weighted by atomic mass is 16.1. The zero-order valence-electron chi connectivity index (χ0n) is 7.21. The van der Waals surface area contributed by atoms with Crippen LogP contribution in [0.3, 0.4) is 0 Å². The summed E-state index contributed by atoms with van der Waals surface area (Å²) in [5, 5.41) is 3.26. The topological polar surface area (TPSA) is 83.8 Å². The van der Waals surface area contributed by atoms with Crippen molar-refractivity contribution in [2.75, 3.05) is 12.3 Å². The lowest BCUT2D eigenvalue weighted by Gasteiger charge is -2.08. The SMILES string of the molecule is Nc1nc(C2CCCN2)cc(=O)[nH]1. The molecule has 1 aromatic rings. The number of hydrogen-bond donors (Lipinski definition) is 3. The van der Waals surface area contributed by atoms with Crippen molar-refractivity contribution in [2.45, 2.75) is 18.9 Å². The Bertz CT molecular complexity index is 353. The molecule has 13 heavy (non-hydrogen) atoms. The Hall–Kier alpha value is -1.36. The lowest BCUT2D eigenvalue weighted by Crippen LogP contribution is -2.19. The smallest absolute Gasteiger partial charge is 0.252 e. The summed E-state index contributed by atoms with van der Waals surface area (Å²) < 4.78 is 0. The van der Waals surface area contributed by atoms with E-state index in [0.717, 1.165) is 25.1 Å². The van der Waals surface area contributed by atoms with Crippen molar-refractivity contribution in [1.82, 2.24) is 15.3 Å². The van der Waals surface area contributed by atoms with Gasteiger partial charge in [-0.3, -0.25) is 9.78 Å². The predicted octanol–water partition coefficient (Wildman–Crippen LogP) is -0.223. The van der Waals surface area contributed by atoms with Gasteiger partial charge in [-0.05, 0) is 19.4 Å². The van der Waals surface area contributed by atoms with E-state index in [0.29, 0.717) is 0 Å². The van der Waals surface area contributed by atoms with Crippen LogP contribution >= 0.6 is 0 Å². The van der Waals surface area contributed by atoms with E-state index in [1.165, 1.54) is 6.07 Å². The second-order valence-electron chi connectivity index (χ2n) is 3.20. The molecular formula is C8H12N4O. The Labute approximate surface area is 75.4 Å². The van der Waals surface area contributed by atoms with Gasteiger partial charge in [0.2, 0.25) is 5.95 Å². The lowest BCUT2D eigenvalue weighted by molar-refractivity contribution is 0.625. The molecule has 5 nitrogen and oxygen atoms in total. The summed E-state index contributed by atoms with van der Waals surface area (Å²) in [7, 11) is 0. The molecule has 70 valence electrons. The summed E-state index contributed by atoms with van der Waals surface area (Å²) in [6, 6.07) is 1.70. The highest BCUT2D eigenvalue weighted by Crippen LogP contribution is 2.19. The highest BCUT2D eigenvalue weighted by Gasteiger charge is 2.17. The molecule has 0 amide bonds. The standard InChI is InChI=1S/C8H12N4O/c9-8-11-6(4-7(13)12-8)5-2-1-3-10-5/h4-5,10H,1-3H2,(H3,9,11,12,13). The minimum atomic E-state index is -0.184. The monoisotopic (exact) mass is 180 g/mol. The van der Waals surface area contributed by atoms with Crippen molar-refractivity contribution >= 4 is 5.95 Å². The summed E-state index contributed by atoms with van der Waals surface area (Å²) in [6.45, 7) is 0.985. The first kappa shape index (κ1) is 8.25. The Morgan fingerprint density at radius 2 is 2.46 bits per heavy atom. The van der Waals surface area contributed by atoms with Gasteiger partial charge in [0.05, 0.1) is 5.69 Å². The van der Waals surface area contributed by atoms with E-state index in [1.807, 2.05) is 0 Å². The average molecular weight is 180 g/mol. The van der Waals surface area contributed by atoms with E-state index in [2.05, 4.69) is 15.3 Å². The number of rotatable bonds is 1. The second kappa shape index (κ2) is 3.18. The first-order chi connectivity index (χ1) is 6.25. The van der Waals surface area contributed by atoms with Crippen LogP contribution in [0.4, 0.5) is 5.95 Å². The van der Waals surface area contributed by atoms with Crippen LogP contribution in [0.5, 0.6) is 0 Å². The zero-order valence-corrected chi connectivity index (χ0v) is 7.21. The van der Waals surface area contributed by atoms with Crippen molar-refractivity contribution < 1.29 is 0 Å². The summed E-state index contributed by atoms with van der Waals surface area (Å²) in [5.41, 5.74) is 6.00. The predicted molar refractivity (Wildman–Crippen MR) is 49.2 cm³/mol. The van der Waals surface area contributed by atoms with Crippen LogP contribution in [-0.2, 0) is 0 Å². The van der Waals surface area contributed by atoms with Crippen molar-refractivity contribution in [3.63, 3.8) is 0 Å². The molecule has 0 radical (unpaired) electrons. The Kier molecular flexibility index (Phi) is 2.02. The molecule has 2 heterocycles. The fourth-order valence-corrected chi connectivity index (χ4v) is 1.61. The van der Waals surface area contributed by atoms with Gasteiger partial charge >= 0.3 is 0 Å². The van der Waals surface area contributed by atoms with E-state index in [4.69, 9.17) is 5.73 Å². The van der Waals surface area contributed by atoms with Gasteiger partial charge < -0.3 is 11.1 Å². The molecule has 1 fully saturated rings. The molecule has 0 bridgehead atoms.